The maximum absolute atomic E-state index is 4.62. The van der Waals surface area contributed by atoms with E-state index in [2.05, 4.69) is 48.0 Å². The zero-order valence-electron chi connectivity index (χ0n) is 12.1. The lowest BCUT2D eigenvalue weighted by molar-refractivity contribution is 0.573. The van der Waals surface area contributed by atoms with Crippen molar-refractivity contribution in [2.45, 2.75) is 19.3 Å². The van der Waals surface area contributed by atoms with E-state index in [0.29, 0.717) is 0 Å². The predicted molar refractivity (Wildman–Crippen MR) is 90.0 cm³/mol. The van der Waals surface area contributed by atoms with E-state index in [9.17, 15) is 0 Å². The molecule has 0 spiro atoms. The Morgan fingerprint density at radius 3 is 2.50 bits per heavy atom. The van der Waals surface area contributed by atoms with E-state index in [1.165, 1.54) is 19.3 Å². The van der Waals surface area contributed by atoms with Crippen molar-refractivity contribution in [3.05, 3.63) is 41.4 Å². The molecular formula is C16H16BrN5. The average Bonchev–Trinajstić information content (AvgIpc) is 2.96. The van der Waals surface area contributed by atoms with Gasteiger partial charge in [0.25, 0.3) is 0 Å². The third-order valence-corrected chi connectivity index (χ3v) is 4.63. The second-order valence-corrected chi connectivity index (χ2v) is 6.41. The van der Waals surface area contributed by atoms with Gasteiger partial charge in [-0.3, -0.25) is 0 Å². The normalized spacial score (nSPS) is 15.4. The number of halogens is 1. The summed E-state index contributed by atoms with van der Waals surface area (Å²) in [5.41, 5.74) is 2.89. The molecule has 1 aliphatic heterocycles. The molecule has 5 nitrogen and oxygen atoms in total. The van der Waals surface area contributed by atoms with Crippen LogP contribution in [0.25, 0.3) is 16.8 Å². The Hall–Kier alpha value is -1.95. The Morgan fingerprint density at radius 2 is 1.73 bits per heavy atom. The van der Waals surface area contributed by atoms with Crippen molar-refractivity contribution in [3.63, 3.8) is 0 Å². The fourth-order valence-corrected chi connectivity index (χ4v) is 3.24. The van der Waals surface area contributed by atoms with Crippen LogP contribution in [0.3, 0.4) is 0 Å². The first-order valence-electron chi connectivity index (χ1n) is 7.51. The lowest BCUT2D eigenvalue weighted by Gasteiger charge is -2.27. The number of pyridine rings is 1. The Morgan fingerprint density at radius 1 is 0.909 bits per heavy atom. The van der Waals surface area contributed by atoms with Gasteiger partial charge in [0.05, 0.1) is 10.7 Å². The Labute approximate surface area is 137 Å². The molecule has 0 N–H and O–H groups in total. The molecule has 1 saturated heterocycles. The van der Waals surface area contributed by atoms with E-state index < -0.39 is 0 Å². The predicted octanol–water partition coefficient (Wildman–Crippen LogP) is 3.54. The van der Waals surface area contributed by atoms with E-state index in [4.69, 9.17) is 0 Å². The van der Waals surface area contributed by atoms with Crippen LogP contribution in [-0.4, -0.2) is 32.7 Å². The summed E-state index contributed by atoms with van der Waals surface area (Å²) in [5.74, 6) is 1.07. The summed E-state index contributed by atoms with van der Waals surface area (Å²) in [6.45, 7) is 2.22. The monoisotopic (exact) mass is 357 g/mol. The van der Waals surface area contributed by atoms with Crippen LogP contribution >= 0.6 is 15.9 Å². The number of anilines is 1. The Kier molecular flexibility index (Phi) is 3.54. The fourth-order valence-electron chi connectivity index (χ4n) is 2.86. The van der Waals surface area contributed by atoms with Gasteiger partial charge >= 0.3 is 0 Å². The lowest BCUT2D eigenvalue weighted by Crippen LogP contribution is -2.29. The van der Waals surface area contributed by atoms with Gasteiger partial charge in [0.1, 0.15) is 5.82 Å². The highest BCUT2D eigenvalue weighted by molar-refractivity contribution is 9.10. The van der Waals surface area contributed by atoms with Gasteiger partial charge in [0, 0.05) is 42.8 Å². The first-order chi connectivity index (χ1) is 10.8. The Bertz CT molecular complexity index is 790. The van der Waals surface area contributed by atoms with Crippen molar-refractivity contribution in [3.8, 4) is 11.1 Å². The van der Waals surface area contributed by atoms with E-state index in [1.54, 1.807) is 10.7 Å². The van der Waals surface area contributed by atoms with Gasteiger partial charge < -0.3 is 4.90 Å². The quantitative estimate of drug-likeness (QED) is 0.703. The van der Waals surface area contributed by atoms with Crippen molar-refractivity contribution in [1.82, 2.24) is 19.6 Å². The van der Waals surface area contributed by atoms with E-state index in [-0.39, 0.29) is 0 Å². The second kappa shape index (κ2) is 5.68. The molecule has 3 aromatic heterocycles. The molecule has 22 heavy (non-hydrogen) atoms. The molecule has 1 fully saturated rings. The summed E-state index contributed by atoms with van der Waals surface area (Å²) in [5, 5.41) is 4.27. The molecule has 0 aliphatic carbocycles. The van der Waals surface area contributed by atoms with Crippen molar-refractivity contribution >= 4 is 27.4 Å². The summed E-state index contributed by atoms with van der Waals surface area (Å²) in [4.78, 5) is 11.4. The van der Waals surface area contributed by atoms with E-state index >= 15 is 0 Å². The molecule has 0 atom stereocenters. The van der Waals surface area contributed by atoms with Gasteiger partial charge in [-0.2, -0.15) is 5.10 Å². The van der Waals surface area contributed by atoms with Crippen LogP contribution in [0.2, 0.25) is 0 Å². The maximum Gasteiger partial charge on any atom is 0.169 e. The number of hydrogen-bond donors (Lipinski definition) is 0. The van der Waals surface area contributed by atoms with Gasteiger partial charge in [0.15, 0.2) is 5.65 Å². The third-order valence-electron chi connectivity index (χ3n) is 4.07. The standard InChI is InChI=1S/C16H16BrN5/c17-14-10-20-22-11-13(9-19-16(14)22)12-4-5-15(18-8-12)21-6-2-1-3-7-21/h4-5,8-11H,1-3,6-7H2. The van der Waals surface area contributed by atoms with E-state index in [0.717, 1.165) is 40.2 Å². The largest absolute Gasteiger partial charge is 0.357 e. The highest BCUT2D eigenvalue weighted by Crippen LogP contribution is 2.23. The molecule has 0 saturated carbocycles. The molecule has 4 rings (SSSR count). The van der Waals surface area contributed by atoms with Crippen LogP contribution in [0.15, 0.2) is 41.4 Å². The maximum atomic E-state index is 4.62. The van der Waals surface area contributed by atoms with Gasteiger partial charge in [-0.05, 0) is 47.3 Å². The van der Waals surface area contributed by atoms with Gasteiger partial charge in [0.2, 0.25) is 0 Å². The number of piperidine rings is 1. The zero-order valence-corrected chi connectivity index (χ0v) is 13.7. The Balaban J connectivity index is 1.63. The number of rotatable bonds is 2. The van der Waals surface area contributed by atoms with Crippen LogP contribution in [0.4, 0.5) is 5.82 Å². The molecule has 4 heterocycles. The topological polar surface area (TPSA) is 46.3 Å². The first-order valence-corrected chi connectivity index (χ1v) is 8.31. The first kappa shape index (κ1) is 13.7. The molecular weight excluding hydrogens is 342 g/mol. The number of fused-ring (bicyclic) bond motifs is 1. The van der Waals surface area contributed by atoms with Gasteiger partial charge in [-0.25, -0.2) is 14.5 Å². The smallest absolute Gasteiger partial charge is 0.169 e. The van der Waals surface area contributed by atoms with Crippen LogP contribution in [0, 0.1) is 0 Å². The minimum absolute atomic E-state index is 0.821. The van der Waals surface area contributed by atoms with Crippen LogP contribution in [0.1, 0.15) is 19.3 Å². The summed E-state index contributed by atoms with van der Waals surface area (Å²) in [6.07, 6.45) is 11.4. The highest BCUT2D eigenvalue weighted by Gasteiger charge is 2.12. The fraction of sp³-hybridized carbons (Fsp3) is 0.312. The summed E-state index contributed by atoms with van der Waals surface area (Å²) < 4.78 is 2.68. The molecule has 3 aromatic rings. The number of aromatic nitrogens is 4. The molecule has 0 aromatic carbocycles. The van der Waals surface area contributed by atoms with Crippen molar-refractivity contribution in [1.29, 1.82) is 0 Å². The van der Waals surface area contributed by atoms with Gasteiger partial charge in [-0.15, -0.1) is 0 Å². The van der Waals surface area contributed by atoms with E-state index in [1.807, 2.05) is 18.6 Å². The molecule has 0 amide bonds. The number of hydrogen-bond acceptors (Lipinski definition) is 4. The minimum atomic E-state index is 0.821. The summed E-state index contributed by atoms with van der Waals surface area (Å²) >= 11 is 3.44. The lowest BCUT2D eigenvalue weighted by atomic mass is 10.1. The number of nitrogens with zero attached hydrogens (tertiary/aromatic N) is 5. The molecule has 6 heteroatoms. The SMILES string of the molecule is Brc1cnn2cc(-c3ccc(N4CCCCC4)nc3)cnc12. The summed E-state index contributed by atoms with van der Waals surface area (Å²) in [6, 6.07) is 4.21. The zero-order chi connectivity index (χ0) is 14.9. The molecule has 0 unspecified atom stereocenters. The van der Waals surface area contributed by atoms with Crippen LogP contribution in [-0.2, 0) is 0 Å². The molecule has 112 valence electrons. The van der Waals surface area contributed by atoms with Crippen molar-refractivity contribution in [2.75, 3.05) is 18.0 Å². The van der Waals surface area contributed by atoms with Crippen molar-refractivity contribution < 1.29 is 0 Å². The average molecular weight is 358 g/mol. The van der Waals surface area contributed by atoms with Gasteiger partial charge in [-0.1, -0.05) is 0 Å². The summed E-state index contributed by atoms with van der Waals surface area (Å²) in [7, 11) is 0. The highest BCUT2D eigenvalue weighted by atomic mass is 79.9. The third kappa shape index (κ3) is 2.47. The van der Waals surface area contributed by atoms with Crippen molar-refractivity contribution in [2.24, 2.45) is 0 Å². The molecule has 0 radical (unpaired) electrons. The van der Waals surface area contributed by atoms with Crippen LogP contribution < -0.4 is 4.90 Å². The molecule has 0 bridgehead atoms. The van der Waals surface area contributed by atoms with Crippen LogP contribution in [0.5, 0.6) is 0 Å². The molecule has 1 aliphatic rings. The second-order valence-electron chi connectivity index (χ2n) is 5.56. The minimum Gasteiger partial charge on any atom is -0.357 e.